The van der Waals surface area contributed by atoms with Crippen molar-refractivity contribution in [3.8, 4) is 0 Å². The lowest BCUT2D eigenvalue weighted by molar-refractivity contribution is -0.119. The molecule has 1 amide bonds. The minimum Gasteiger partial charge on any atom is -0.351 e. The lowest BCUT2D eigenvalue weighted by atomic mass is 10.1. The summed E-state index contributed by atoms with van der Waals surface area (Å²) in [5.74, 6) is 0.637. The van der Waals surface area contributed by atoms with Gasteiger partial charge in [0.15, 0.2) is 0 Å². The quantitative estimate of drug-likeness (QED) is 0.818. The fraction of sp³-hybridized carbons (Fsp3) is 0.500. The first-order valence-corrected chi connectivity index (χ1v) is 7.51. The monoisotopic (exact) mass is 264 g/mol. The maximum absolute atomic E-state index is 11.8. The van der Waals surface area contributed by atoms with Crippen LogP contribution in [-0.2, 0) is 4.79 Å². The van der Waals surface area contributed by atoms with Crippen LogP contribution in [-0.4, -0.2) is 30.8 Å². The van der Waals surface area contributed by atoms with Gasteiger partial charge in [-0.2, -0.15) is 0 Å². The van der Waals surface area contributed by atoms with Gasteiger partial charge >= 0.3 is 0 Å². The van der Waals surface area contributed by atoms with Crippen LogP contribution in [0.1, 0.15) is 19.3 Å². The number of carbonyl (C=O) groups is 1. The van der Waals surface area contributed by atoms with Crippen LogP contribution < -0.4 is 10.6 Å². The summed E-state index contributed by atoms with van der Waals surface area (Å²) in [5.41, 5.74) is 0. The number of carbonyl (C=O) groups excluding carboxylic acids is 1. The van der Waals surface area contributed by atoms with Crippen LogP contribution in [0.3, 0.4) is 0 Å². The van der Waals surface area contributed by atoms with E-state index in [-0.39, 0.29) is 5.91 Å². The van der Waals surface area contributed by atoms with Gasteiger partial charge in [-0.05, 0) is 31.5 Å². The largest absolute Gasteiger partial charge is 0.351 e. The zero-order valence-electron chi connectivity index (χ0n) is 10.5. The average Bonchev–Trinajstić information content (AvgIpc) is 2.66. The second-order valence-electron chi connectivity index (χ2n) is 4.57. The van der Waals surface area contributed by atoms with E-state index in [1.807, 2.05) is 30.3 Å². The summed E-state index contributed by atoms with van der Waals surface area (Å²) in [7, 11) is 0. The number of hydrogen-bond acceptors (Lipinski definition) is 3. The summed E-state index contributed by atoms with van der Waals surface area (Å²) in [6.07, 6.45) is 3.50. The van der Waals surface area contributed by atoms with Gasteiger partial charge in [-0.15, -0.1) is 11.8 Å². The molecule has 1 aromatic carbocycles. The summed E-state index contributed by atoms with van der Waals surface area (Å²) >= 11 is 1.59. The van der Waals surface area contributed by atoms with Gasteiger partial charge in [-0.25, -0.2) is 0 Å². The SMILES string of the molecule is O=C(CSc1ccccc1)NC1CCCCNC1. The van der Waals surface area contributed by atoms with Crippen molar-refractivity contribution in [1.82, 2.24) is 10.6 Å². The van der Waals surface area contributed by atoms with E-state index in [1.165, 1.54) is 12.8 Å². The Labute approximate surface area is 113 Å². The van der Waals surface area contributed by atoms with Crippen molar-refractivity contribution >= 4 is 17.7 Å². The predicted molar refractivity (Wildman–Crippen MR) is 75.8 cm³/mol. The fourth-order valence-electron chi connectivity index (χ4n) is 2.08. The number of benzene rings is 1. The second-order valence-corrected chi connectivity index (χ2v) is 5.61. The molecule has 1 saturated heterocycles. The zero-order chi connectivity index (χ0) is 12.6. The minimum atomic E-state index is 0.137. The van der Waals surface area contributed by atoms with Crippen LogP contribution in [0.25, 0.3) is 0 Å². The minimum absolute atomic E-state index is 0.137. The topological polar surface area (TPSA) is 41.1 Å². The van der Waals surface area contributed by atoms with Crippen molar-refractivity contribution in [2.75, 3.05) is 18.8 Å². The Kier molecular flexibility index (Phi) is 5.55. The summed E-state index contributed by atoms with van der Waals surface area (Å²) in [6, 6.07) is 10.3. The first kappa shape index (κ1) is 13.4. The van der Waals surface area contributed by atoms with E-state index in [0.29, 0.717) is 11.8 Å². The molecule has 2 rings (SSSR count). The van der Waals surface area contributed by atoms with Crippen LogP contribution in [0.5, 0.6) is 0 Å². The Hall–Kier alpha value is -1.00. The molecular weight excluding hydrogens is 244 g/mol. The smallest absolute Gasteiger partial charge is 0.230 e. The predicted octanol–water partition coefficient (Wildman–Crippen LogP) is 2.04. The van der Waals surface area contributed by atoms with Crippen molar-refractivity contribution in [3.05, 3.63) is 30.3 Å². The molecule has 4 heteroatoms. The maximum Gasteiger partial charge on any atom is 0.230 e. The summed E-state index contributed by atoms with van der Waals surface area (Å²) in [5, 5.41) is 6.46. The van der Waals surface area contributed by atoms with Crippen LogP contribution >= 0.6 is 11.8 Å². The molecule has 2 N–H and O–H groups in total. The van der Waals surface area contributed by atoms with E-state index < -0.39 is 0 Å². The lowest BCUT2D eigenvalue weighted by Crippen LogP contribution is -2.41. The molecule has 98 valence electrons. The molecule has 0 radical (unpaired) electrons. The van der Waals surface area contributed by atoms with Gasteiger partial charge in [0.25, 0.3) is 0 Å². The molecule has 18 heavy (non-hydrogen) atoms. The molecule has 1 aliphatic heterocycles. The van der Waals surface area contributed by atoms with Crippen LogP contribution in [0.4, 0.5) is 0 Å². The fourth-order valence-corrected chi connectivity index (χ4v) is 2.81. The molecule has 1 heterocycles. The third-order valence-electron chi connectivity index (χ3n) is 3.03. The van der Waals surface area contributed by atoms with E-state index in [0.717, 1.165) is 24.4 Å². The Morgan fingerprint density at radius 1 is 1.33 bits per heavy atom. The number of thioether (sulfide) groups is 1. The zero-order valence-corrected chi connectivity index (χ0v) is 11.3. The van der Waals surface area contributed by atoms with Crippen LogP contribution in [0.2, 0.25) is 0 Å². The Balaban J connectivity index is 1.71. The van der Waals surface area contributed by atoms with E-state index in [4.69, 9.17) is 0 Å². The molecule has 3 nitrogen and oxygen atoms in total. The van der Waals surface area contributed by atoms with Crippen molar-refractivity contribution in [3.63, 3.8) is 0 Å². The molecule has 0 saturated carbocycles. The van der Waals surface area contributed by atoms with Crippen molar-refractivity contribution in [1.29, 1.82) is 0 Å². The standard InChI is InChI=1S/C14H20N2OS/c17-14(11-18-13-7-2-1-3-8-13)16-12-6-4-5-9-15-10-12/h1-3,7-8,12,15H,4-6,9-11H2,(H,16,17). The van der Waals surface area contributed by atoms with E-state index >= 15 is 0 Å². The highest BCUT2D eigenvalue weighted by molar-refractivity contribution is 8.00. The summed E-state index contributed by atoms with van der Waals surface area (Å²) < 4.78 is 0. The van der Waals surface area contributed by atoms with Crippen LogP contribution in [0, 0.1) is 0 Å². The molecule has 0 aromatic heterocycles. The highest BCUT2D eigenvalue weighted by atomic mass is 32.2. The second kappa shape index (κ2) is 7.44. The van der Waals surface area contributed by atoms with E-state index in [9.17, 15) is 4.79 Å². The summed E-state index contributed by atoms with van der Waals surface area (Å²) in [4.78, 5) is 13.0. The first-order chi connectivity index (χ1) is 8.84. The van der Waals surface area contributed by atoms with E-state index in [2.05, 4.69) is 10.6 Å². The maximum atomic E-state index is 11.8. The van der Waals surface area contributed by atoms with Gasteiger partial charge in [0.05, 0.1) is 5.75 Å². The van der Waals surface area contributed by atoms with Crippen LogP contribution in [0.15, 0.2) is 35.2 Å². The van der Waals surface area contributed by atoms with Gasteiger partial charge in [0.2, 0.25) is 5.91 Å². The lowest BCUT2D eigenvalue weighted by Gasteiger charge is -2.16. The van der Waals surface area contributed by atoms with Gasteiger partial charge in [0, 0.05) is 17.5 Å². The molecule has 1 atom stereocenters. The number of rotatable bonds is 4. The Morgan fingerprint density at radius 2 is 2.17 bits per heavy atom. The average molecular weight is 264 g/mol. The molecule has 1 unspecified atom stereocenters. The number of nitrogens with one attached hydrogen (secondary N) is 2. The molecule has 1 aliphatic rings. The highest BCUT2D eigenvalue weighted by Crippen LogP contribution is 2.16. The molecule has 0 spiro atoms. The third kappa shape index (κ3) is 4.70. The highest BCUT2D eigenvalue weighted by Gasteiger charge is 2.14. The number of hydrogen-bond donors (Lipinski definition) is 2. The van der Waals surface area contributed by atoms with Gasteiger partial charge in [-0.3, -0.25) is 4.79 Å². The van der Waals surface area contributed by atoms with Gasteiger partial charge in [-0.1, -0.05) is 24.6 Å². The third-order valence-corrected chi connectivity index (χ3v) is 4.04. The van der Waals surface area contributed by atoms with E-state index in [1.54, 1.807) is 11.8 Å². The Morgan fingerprint density at radius 3 is 3.00 bits per heavy atom. The summed E-state index contributed by atoms with van der Waals surface area (Å²) in [6.45, 7) is 1.98. The van der Waals surface area contributed by atoms with Gasteiger partial charge in [0.1, 0.15) is 0 Å². The molecule has 1 fully saturated rings. The number of amides is 1. The molecule has 0 aliphatic carbocycles. The van der Waals surface area contributed by atoms with Crippen molar-refractivity contribution < 1.29 is 4.79 Å². The molecule has 0 bridgehead atoms. The Bertz CT molecular complexity index is 361. The van der Waals surface area contributed by atoms with Crippen molar-refractivity contribution in [2.45, 2.75) is 30.2 Å². The first-order valence-electron chi connectivity index (χ1n) is 6.52. The molecule has 1 aromatic rings. The van der Waals surface area contributed by atoms with Gasteiger partial charge < -0.3 is 10.6 Å². The molecular formula is C14H20N2OS. The normalized spacial score (nSPS) is 20.1. The van der Waals surface area contributed by atoms with Crippen molar-refractivity contribution in [2.24, 2.45) is 0 Å².